The third-order valence-electron chi connectivity index (χ3n) is 7.70. The van der Waals surface area contributed by atoms with Gasteiger partial charge in [0.05, 0.1) is 18.2 Å². The van der Waals surface area contributed by atoms with E-state index in [1.54, 1.807) is 28.1 Å². The fourth-order valence-corrected chi connectivity index (χ4v) is 5.83. The number of hydrogen-bond acceptors (Lipinski definition) is 7. The molecule has 0 saturated carbocycles. The Bertz CT molecular complexity index is 1280. The minimum atomic E-state index is -0.404. The molecular formula is C30H38ClN5O5. The lowest BCUT2D eigenvalue weighted by atomic mass is 9.91. The number of ether oxygens (including phenoxy) is 2. The molecule has 2 fully saturated rings. The Labute approximate surface area is 245 Å². The number of amides is 3. The maximum Gasteiger partial charge on any atom is 0.257 e. The number of rotatable bonds is 3. The Hall–Kier alpha value is -3.21. The predicted molar refractivity (Wildman–Crippen MR) is 154 cm³/mol. The number of nitrogens with zero attached hydrogens (tertiary/aromatic N) is 4. The van der Waals surface area contributed by atoms with E-state index >= 15 is 0 Å². The molecule has 0 unspecified atom stereocenters. The maximum atomic E-state index is 13.5. The molecule has 1 aromatic heterocycles. The third-order valence-corrected chi connectivity index (χ3v) is 8.07. The molecule has 5 rings (SSSR count). The molecule has 3 amide bonds. The van der Waals surface area contributed by atoms with E-state index in [4.69, 9.17) is 21.1 Å². The molecule has 0 radical (unpaired) electrons. The van der Waals surface area contributed by atoms with E-state index in [9.17, 15) is 14.4 Å². The topological polar surface area (TPSA) is 104 Å². The van der Waals surface area contributed by atoms with Crippen molar-refractivity contribution in [3.05, 3.63) is 58.7 Å². The minimum absolute atomic E-state index is 0.0501. The Morgan fingerprint density at radius 2 is 1.90 bits per heavy atom. The summed E-state index contributed by atoms with van der Waals surface area (Å²) < 4.78 is 12.3. The average Bonchev–Trinajstić information content (AvgIpc) is 3.31. The highest BCUT2D eigenvalue weighted by atomic mass is 35.5. The number of benzene rings is 1. The van der Waals surface area contributed by atoms with E-state index in [1.807, 2.05) is 45.0 Å². The standard InChI is InChI=1S/C30H38ClN5O5/c1-30(2,3)13-26(37)35-11-12-36-21(15-35)18-41-29-22(8-6-10-32-29)28(39)33-24-16-34(17-25(24)40-19-27(36)38)14-20-7-4-5-9-23(20)31/h4-10,21,24-25H,11-19H2,1-3H3,(H,33,39)/t21-,24+,25-/m0/s1. The Balaban J connectivity index is 1.37. The highest BCUT2D eigenvalue weighted by Crippen LogP contribution is 2.25. The third kappa shape index (κ3) is 7.17. The summed E-state index contributed by atoms with van der Waals surface area (Å²) in [5, 5.41) is 3.77. The maximum absolute atomic E-state index is 13.5. The van der Waals surface area contributed by atoms with Gasteiger partial charge < -0.3 is 24.6 Å². The summed E-state index contributed by atoms with van der Waals surface area (Å²) in [5.41, 5.74) is 1.15. The summed E-state index contributed by atoms with van der Waals surface area (Å²) in [5.74, 6) is -0.247. The first-order valence-corrected chi connectivity index (χ1v) is 14.5. The molecule has 3 aliphatic rings. The van der Waals surface area contributed by atoms with Crippen molar-refractivity contribution in [1.29, 1.82) is 0 Å². The predicted octanol–water partition coefficient (Wildman–Crippen LogP) is 2.60. The molecule has 0 aliphatic carbocycles. The molecule has 10 nitrogen and oxygen atoms in total. The van der Waals surface area contributed by atoms with Crippen LogP contribution in [0.5, 0.6) is 5.88 Å². The van der Waals surface area contributed by atoms with Gasteiger partial charge in [0.25, 0.3) is 5.91 Å². The zero-order valence-electron chi connectivity index (χ0n) is 23.8. The normalized spacial score (nSPS) is 24.1. The lowest BCUT2D eigenvalue weighted by Gasteiger charge is -2.42. The molecule has 0 bridgehead atoms. The summed E-state index contributed by atoms with van der Waals surface area (Å²) in [4.78, 5) is 50.0. The molecular weight excluding hydrogens is 546 g/mol. The molecule has 3 aliphatic heterocycles. The van der Waals surface area contributed by atoms with E-state index in [0.717, 1.165) is 5.56 Å². The van der Waals surface area contributed by atoms with Crippen molar-refractivity contribution in [2.24, 2.45) is 5.41 Å². The van der Waals surface area contributed by atoms with Crippen LogP contribution in [0.1, 0.15) is 43.1 Å². The largest absolute Gasteiger partial charge is 0.475 e. The van der Waals surface area contributed by atoms with Crippen molar-refractivity contribution in [3.63, 3.8) is 0 Å². The number of carbonyl (C=O) groups excluding carboxylic acids is 3. The van der Waals surface area contributed by atoms with Gasteiger partial charge in [-0.25, -0.2) is 4.98 Å². The van der Waals surface area contributed by atoms with Gasteiger partial charge in [-0.2, -0.15) is 0 Å². The number of nitrogens with one attached hydrogen (secondary N) is 1. The fourth-order valence-electron chi connectivity index (χ4n) is 5.64. The van der Waals surface area contributed by atoms with Crippen molar-refractivity contribution in [1.82, 2.24) is 25.0 Å². The van der Waals surface area contributed by atoms with Crippen LogP contribution in [-0.2, 0) is 20.9 Å². The van der Waals surface area contributed by atoms with Gasteiger partial charge in [0.1, 0.15) is 18.8 Å². The van der Waals surface area contributed by atoms with Gasteiger partial charge in [0.15, 0.2) is 0 Å². The van der Waals surface area contributed by atoms with Crippen molar-refractivity contribution in [2.75, 3.05) is 45.9 Å². The molecule has 41 heavy (non-hydrogen) atoms. The van der Waals surface area contributed by atoms with Gasteiger partial charge in [0.2, 0.25) is 17.7 Å². The number of carbonyl (C=O) groups is 3. The summed E-state index contributed by atoms with van der Waals surface area (Å²) >= 11 is 6.40. The van der Waals surface area contributed by atoms with Gasteiger partial charge >= 0.3 is 0 Å². The van der Waals surface area contributed by atoms with Crippen LogP contribution in [0.25, 0.3) is 0 Å². The molecule has 11 heteroatoms. The fraction of sp³-hybridized carbons (Fsp3) is 0.533. The van der Waals surface area contributed by atoms with Crippen molar-refractivity contribution in [2.45, 2.75) is 51.9 Å². The molecule has 220 valence electrons. The van der Waals surface area contributed by atoms with Crippen LogP contribution in [0, 0.1) is 5.41 Å². The lowest BCUT2D eigenvalue weighted by molar-refractivity contribution is -0.149. The average molecular weight is 584 g/mol. The van der Waals surface area contributed by atoms with Crippen LogP contribution < -0.4 is 10.1 Å². The zero-order valence-corrected chi connectivity index (χ0v) is 24.6. The smallest absolute Gasteiger partial charge is 0.257 e. The second-order valence-electron chi connectivity index (χ2n) is 12.2. The summed E-state index contributed by atoms with van der Waals surface area (Å²) in [6.45, 7) is 8.88. The summed E-state index contributed by atoms with van der Waals surface area (Å²) in [6.07, 6.45) is 1.58. The molecule has 2 saturated heterocycles. The Morgan fingerprint density at radius 3 is 2.68 bits per heavy atom. The molecule has 3 atom stereocenters. The Kier molecular flexibility index (Phi) is 8.82. The van der Waals surface area contributed by atoms with E-state index in [2.05, 4.69) is 15.2 Å². The number of aromatic nitrogens is 1. The highest BCUT2D eigenvalue weighted by Gasteiger charge is 2.39. The first kappa shape index (κ1) is 29.3. The van der Waals surface area contributed by atoms with E-state index < -0.39 is 12.1 Å². The van der Waals surface area contributed by atoms with Crippen LogP contribution in [0.4, 0.5) is 0 Å². The van der Waals surface area contributed by atoms with Gasteiger partial charge in [-0.05, 0) is 29.2 Å². The van der Waals surface area contributed by atoms with Gasteiger partial charge in [-0.1, -0.05) is 50.6 Å². The van der Waals surface area contributed by atoms with E-state index in [0.29, 0.717) is 56.3 Å². The Morgan fingerprint density at radius 1 is 1.10 bits per heavy atom. The van der Waals surface area contributed by atoms with Crippen molar-refractivity contribution < 1.29 is 23.9 Å². The number of pyridine rings is 1. The first-order valence-electron chi connectivity index (χ1n) is 14.1. The summed E-state index contributed by atoms with van der Waals surface area (Å²) in [7, 11) is 0. The number of fused-ring (bicyclic) bond motifs is 3. The molecule has 4 heterocycles. The van der Waals surface area contributed by atoms with Crippen LogP contribution in [0.2, 0.25) is 5.02 Å². The quantitative estimate of drug-likeness (QED) is 0.592. The number of halogens is 1. The number of hydrogen-bond donors (Lipinski definition) is 1. The van der Waals surface area contributed by atoms with Crippen LogP contribution in [-0.4, -0.2) is 102 Å². The monoisotopic (exact) mass is 583 g/mol. The van der Waals surface area contributed by atoms with Crippen LogP contribution >= 0.6 is 11.6 Å². The van der Waals surface area contributed by atoms with Crippen LogP contribution in [0.3, 0.4) is 0 Å². The molecule has 2 aromatic rings. The van der Waals surface area contributed by atoms with Crippen molar-refractivity contribution >= 4 is 29.3 Å². The number of piperazine rings is 1. The van der Waals surface area contributed by atoms with Crippen LogP contribution in [0.15, 0.2) is 42.6 Å². The second-order valence-corrected chi connectivity index (χ2v) is 12.6. The summed E-state index contributed by atoms with van der Waals surface area (Å²) in [6, 6.07) is 10.3. The SMILES string of the molecule is CC(C)(C)CC(=O)N1CCN2C(=O)CO[C@H]3CN(Cc4ccccc4Cl)C[C@H]3NC(=O)c3cccnc3OC[C@@H]2C1. The van der Waals surface area contributed by atoms with Gasteiger partial charge in [-0.3, -0.25) is 19.3 Å². The lowest BCUT2D eigenvalue weighted by Crippen LogP contribution is -2.59. The highest BCUT2D eigenvalue weighted by molar-refractivity contribution is 6.31. The van der Waals surface area contributed by atoms with Gasteiger partial charge in [-0.15, -0.1) is 0 Å². The van der Waals surface area contributed by atoms with Gasteiger partial charge in [0, 0.05) is 56.9 Å². The first-order chi connectivity index (χ1) is 19.6. The van der Waals surface area contributed by atoms with E-state index in [1.165, 1.54) is 0 Å². The second kappa shape index (κ2) is 12.3. The molecule has 1 aromatic carbocycles. The zero-order chi connectivity index (χ0) is 29.1. The minimum Gasteiger partial charge on any atom is -0.475 e. The van der Waals surface area contributed by atoms with E-state index in [-0.39, 0.29) is 48.3 Å². The number of likely N-dealkylation sites (tertiary alicyclic amines) is 1. The molecule has 0 spiro atoms. The molecule has 1 N–H and O–H groups in total. The van der Waals surface area contributed by atoms with Crippen molar-refractivity contribution in [3.8, 4) is 5.88 Å².